The van der Waals surface area contributed by atoms with Crippen LogP contribution in [-0.4, -0.2) is 13.1 Å². The molecule has 0 saturated heterocycles. The number of allylic oxidation sites excluding steroid dienone is 1. The molecule has 0 amide bonds. The fourth-order valence-electron chi connectivity index (χ4n) is 4.15. The number of hydrogen-bond donors (Lipinski definition) is 1. The highest BCUT2D eigenvalue weighted by molar-refractivity contribution is 5.22. The maximum Gasteiger partial charge on any atom is 0.0310 e. The summed E-state index contributed by atoms with van der Waals surface area (Å²) in [6.45, 7) is 0. The number of fused-ring (bicyclic) bond motifs is 1. The molecule has 2 saturated carbocycles. The summed E-state index contributed by atoms with van der Waals surface area (Å²) in [7, 11) is 2.16. The van der Waals surface area contributed by atoms with Gasteiger partial charge in [-0.15, -0.1) is 0 Å². The Morgan fingerprint density at radius 3 is 2.47 bits per heavy atom. The Bertz CT molecular complexity index is 257. The molecule has 1 nitrogen and oxygen atoms in total. The molecule has 1 heteroatoms. The summed E-state index contributed by atoms with van der Waals surface area (Å²) in [6.07, 6.45) is 12.6. The minimum absolute atomic E-state index is 0.737. The Balaban J connectivity index is 1.69. The van der Waals surface area contributed by atoms with E-state index in [1.54, 1.807) is 5.57 Å². The van der Waals surface area contributed by atoms with E-state index in [4.69, 9.17) is 0 Å². The molecule has 0 aromatic rings. The minimum atomic E-state index is 0.737. The standard InChI is InChI=1S/C14H23N/c1-15-14(10-6-2-3-7-10)13-11-8-4-5-9-12(11)13/h6,11-15H,2-5,7-9H2,1H3. The van der Waals surface area contributed by atoms with E-state index in [-0.39, 0.29) is 0 Å². The first-order chi connectivity index (χ1) is 7.42. The normalized spacial score (nSPS) is 40.9. The molecule has 2 fully saturated rings. The summed E-state index contributed by atoms with van der Waals surface area (Å²) in [5.74, 6) is 3.16. The summed E-state index contributed by atoms with van der Waals surface area (Å²) in [5, 5.41) is 3.59. The van der Waals surface area contributed by atoms with Gasteiger partial charge in [-0.25, -0.2) is 0 Å². The molecule has 3 unspecified atom stereocenters. The first-order valence-electron chi connectivity index (χ1n) is 6.78. The zero-order chi connectivity index (χ0) is 10.3. The van der Waals surface area contributed by atoms with Crippen LogP contribution in [0.5, 0.6) is 0 Å². The van der Waals surface area contributed by atoms with Gasteiger partial charge in [0.25, 0.3) is 0 Å². The molecule has 0 aliphatic heterocycles. The second kappa shape index (κ2) is 3.93. The molecule has 0 spiro atoms. The van der Waals surface area contributed by atoms with E-state index in [1.807, 2.05) is 0 Å². The van der Waals surface area contributed by atoms with Crippen molar-refractivity contribution in [1.29, 1.82) is 0 Å². The number of hydrogen-bond acceptors (Lipinski definition) is 1. The Morgan fingerprint density at radius 2 is 1.93 bits per heavy atom. The quantitative estimate of drug-likeness (QED) is 0.698. The average Bonchev–Trinajstić information content (AvgIpc) is 2.74. The van der Waals surface area contributed by atoms with E-state index >= 15 is 0 Å². The third-order valence-corrected chi connectivity index (χ3v) is 4.89. The number of likely N-dealkylation sites (N-methyl/N-ethyl adjacent to an activating group) is 1. The van der Waals surface area contributed by atoms with Crippen molar-refractivity contribution < 1.29 is 0 Å². The zero-order valence-electron chi connectivity index (χ0n) is 9.84. The van der Waals surface area contributed by atoms with Crippen molar-refractivity contribution >= 4 is 0 Å². The third-order valence-electron chi connectivity index (χ3n) is 4.89. The minimum Gasteiger partial charge on any atom is -0.313 e. The molecule has 0 heterocycles. The van der Waals surface area contributed by atoms with Gasteiger partial charge >= 0.3 is 0 Å². The lowest BCUT2D eigenvalue weighted by Crippen LogP contribution is -2.30. The van der Waals surface area contributed by atoms with Gasteiger partial charge in [0.15, 0.2) is 0 Å². The molecule has 3 atom stereocenters. The molecule has 0 bridgehead atoms. The van der Waals surface area contributed by atoms with Gasteiger partial charge in [0, 0.05) is 6.04 Å². The monoisotopic (exact) mass is 205 g/mol. The van der Waals surface area contributed by atoms with Crippen LogP contribution in [0.4, 0.5) is 0 Å². The van der Waals surface area contributed by atoms with Crippen LogP contribution >= 0.6 is 0 Å². The molecule has 1 N–H and O–H groups in total. The van der Waals surface area contributed by atoms with Gasteiger partial charge in [0.1, 0.15) is 0 Å². The fourth-order valence-corrected chi connectivity index (χ4v) is 4.15. The summed E-state index contributed by atoms with van der Waals surface area (Å²) in [4.78, 5) is 0. The van der Waals surface area contributed by atoms with Crippen molar-refractivity contribution in [2.75, 3.05) is 7.05 Å². The van der Waals surface area contributed by atoms with E-state index in [9.17, 15) is 0 Å². The maximum absolute atomic E-state index is 3.59. The van der Waals surface area contributed by atoms with Crippen LogP contribution in [0.25, 0.3) is 0 Å². The van der Waals surface area contributed by atoms with Crippen LogP contribution in [0.15, 0.2) is 11.6 Å². The summed E-state index contributed by atoms with van der Waals surface area (Å²) >= 11 is 0. The van der Waals surface area contributed by atoms with Crippen molar-refractivity contribution in [1.82, 2.24) is 5.32 Å². The van der Waals surface area contributed by atoms with Crippen molar-refractivity contribution in [3.05, 3.63) is 11.6 Å². The molecule has 0 aromatic carbocycles. The largest absolute Gasteiger partial charge is 0.313 e. The van der Waals surface area contributed by atoms with Crippen molar-refractivity contribution in [2.24, 2.45) is 17.8 Å². The molecule has 3 aliphatic rings. The Kier molecular flexibility index (Phi) is 2.59. The Morgan fingerprint density at radius 1 is 1.20 bits per heavy atom. The number of rotatable bonds is 3. The molecular weight excluding hydrogens is 182 g/mol. The Labute approximate surface area is 93.3 Å². The molecular formula is C14H23N. The summed E-state index contributed by atoms with van der Waals surface area (Å²) in [5.41, 5.74) is 1.73. The SMILES string of the molecule is CNC(C1=CCCC1)C1C2CCCCC21. The second-order valence-electron chi connectivity index (χ2n) is 5.63. The molecule has 0 aromatic heterocycles. The van der Waals surface area contributed by atoms with Crippen LogP contribution in [0.2, 0.25) is 0 Å². The highest BCUT2D eigenvalue weighted by Gasteiger charge is 2.54. The first kappa shape index (κ1) is 9.89. The average molecular weight is 205 g/mol. The first-order valence-corrected chi connectivity index (χ1v) is 6.78. The smallest absolute Gasteiger partial charge is 0.0310 e. The van der Waals surface area contributed by atoms with Gasteiger partial charge in [-0.05, 0) is 56.9 Å². The van der Waals surface area contributed by atoms with E-state index < -0.39 is 0 Å². The fraction of sp³-hybridized carbons (Fsp3) is 0.857. The predicted octanol–water partition coefficient (Wildman–Crippen LogP) is 3.12. The molecule has 84 valence electrons. The lowest BCUT2D eigenvalue weighted by Gasteiger charge is -2.18. The van der Waals surface area contributed by atoms with Crippen molar-refractivity contribution in [3.8, 4) is 0 Å². The van der Waals surface area contributed by atoms with Crippen LogP contribution in [-0.2, 0) is 0 Å². The van der Waals surface area contributed by atoms with Gasteiger partial charge in [0.05, 0.1) is 0 Å². The Hall–Kier alpha value is -0.300. The zero-order valence-corrected chi connectivity index (χ0v) is 9.84. The molecule has 0 radical (unpaired) electrons. The van der Waals surface area contributed by atoms with Crippen molar-refractivity contribution in [2.45, 2.75) is 51.0 Å². The van der Waals surface area contributed by atoms with E-state index in [0.717, 1.165) is 23.8 Å². The lowest BCUT2D eigenvalue weighted by molar-refractivity contribution is 0.480. The summed E-state index contributed by atoms with van der Waals surface area (Å²) < 4.78 is 0. The van der Waals surface area contributed by atoms with Gasteiger partial charge in [-0.1, -0.05) is 24.5 Å². The van der Waals surface area contributed by atoms with Crippen molar-refractivity contribution in [3.63, 3.8) is 0 Å². The highest BCUT2D eigenvalue weighted by Crippen LogP contribution is 2.58. The van der Waals surface area contributed by atoms with Gasteiger partial charge in [0.2, 0.25) is 0 Å². The van der Waals surface area contributed by atoms with Crippen LogP contribution in [0.3, 0.4) is 0 Å². The van der Waals surface area contributed by atoms with Crippen LogP contribution in [0.1, 0.15) is 44.9 Å². The maximum atomic E-state index is 3.59. The van der Waals surface area contributed by atoms with E-state index in [0.29, 0.717) is 0 Å². The van der Waals surface area contributed by atoms with Gasteiger partial charge in [-0.2, -0.15) is 0 Å². The van der Waals surface area contributed by atoms with E-state index in [1.165, 1.54) is 44.9 Å². The summed E-state index contributed by atoms with van der Waals surface area (Å²) in [6, 6.07) is 0.737. The lowest BCUT2D eigenvalue weighted by atomic mass is 9.99. The second-order valence-corrected chi connectivity index (χ2v) is 5.63. The molecule has 3 rings (SSSR count). The van der Waals surface area contributed by atoms with Gasteiger partial charge < -0.3 is 5.32 Å². The van der Waals surface area contributed by atoms with Crippen LogP contribution < -0.4 is 5.32 Å². The van der Waals surface area contributed by atoms with Crippen LogP contribution in [0, 0.1) is 17.8 Å². The molecule has 15 heavy (non-hydrogen) atoms. The predicted molar refractivity (Wildman–Crippen MR) is 63.7 cm³/mol. The third kappa shape index (κ3) is 1.65. The number of nitrogens with one attached hydrogen (secondary N) is 1. The molecule has 3 aliphatic carbocycles. The van der Waals surface area contributed by atoms with Gasteiger partial charge in [-0.3, -0.25) is 0 Å². The highest BCUT2D eigenvalue weighted by atomic mass is 14.9. The van der Waals surface area contributed by atoms with E-state index in [2.05, 4.69) is 18.4 Å². The topological polar surface area (TPSA) is 12.0 Å².